The Hall–Kier alpha value is -2.86. The summed E-state index contributed by atoms with van der Waals surface area (Å²) in [7, 11) is 0. The van der Waals surface area contributed by atoms with Crippen LogP contribution in [-0.4, -0.2) is 5.71 Å². The minimum absolute atomic E-state index is 0.309. The first kappa shape index (κ1) is 17.0. The number of hydrogen-bond acceptors (Lipinski definition) is 4. The molecule has 0 unspecified atom stereocenters. The Morgan fingerprint density at radius 2 is 1.60 bits per heavy atom. The lowest BCUT2D eigenvalue weighted by Gasteiger charge is -2.11. The van der Waals surface area contributed by atoms with Crippen LogP contribution in [0.2, 0.25) is 0 Å². The summed E-state index contributed by atoms with van der Waals surface area (Å²) < 4.78 is 29.5. The van der Waals surface area contributed by atoms with E-state index in [9.17, 15) is 8.78 Å². The summed E-state index contributed by atoms with van der Waals surface area (Å²) in [5.74, 6) is -1.26. The van der Waals surface area contributed by atoms with Crippen molar-refractivity contribution in [2.75, 3.05) is 10.5 Å². The average Bonchev–Trinajstić information content (AvgIpc) is 2.60. The van der Waals surface area contributed by atoms with E-state index < -0.39 is 11.6 Å². The van der Waals surface area contributed by atoms with Crippen molar-refractivity contribution in [1.29, 1.82) is 5.41 Å². The molecule has 0 aliphatic heterocycles. The number of nitrogens with one attached hydrogen (secondary N) is 2. The van der Waals surface area contributed by atoms with Gasteiger partial charge in [0.2, 0.25) is 0 Å². The van der Waals surface area contributed by atoms with Gasteiger partial charge in [-0.25, -0.2) is 8.78 Å². The Morgan fingerprint density at radius 1 is 0.920 bits per heavy atom. The van der Waals surface area contributed by atoms with Crippen molar-refractivity contribution in [3.63, 3.8) is 0 Å². The number of nitrogens with two attached hydrogens (primary N) is 1. The third kappa shape index (κ3) is 4.16. The molecule has 0 aliphatic carbocycles. The molecule has 6 heteroatoms. The van der Waals surface area contributed by atoms with Crippen molar-refractivity contribution in [1.82, 2.24) is 0 Å². The molecule has 4 N–H and O–H groups in total. The molecule has 3 rings (SSSR count). The van der Waals surface area contributed by atoms with E-state index in [-0.39, 0.29) is 0 Å². The third-order valence-electron chi connectivity index (χ3n) is 3.51. The van der Waals surface area contributed by atoms with Crippen molar-refractivity contribution >= 4 is 29.0 Å². The molecule has 0 atom stereocenters. The van der Waals surface area contributed by atoms with Gasteiger partial charge in [-0.1, -0.05) is 30.3 Å². The first-order chi connectivity index (χ1) is 12.0. The van der Waals surface area contributed by atoms with Crippen LogP contribution >= 0.6 is 11.9 Å². The van der Waals surface area contributed by atoms with Crippen LogP contribution < -0.4 is 10.5 Å². The molecular formula is C19H15F2N3S. The number of rotatable bonds is 5. The first-order valence-electron chi connectivity index (χ1n) is 7.46. The van der Waals surface area contributed by atoms with Gasteiger partial charge in [0.25, 0.3) is 0 Å². The van der Waals surface area contributed by atoms with Crippen molar-refractivity contribution in [2.24, 2.45) is 0 Å². The monoisotopic (exact) mass is 355 g/mol. The van der Waals surface area contributed by atoms with Gasteiger partial charge in [-0.3, -0.25) is 5.41 Å². The first-order valence-corrected chi connectivity index (χ1v) is 8.27. The maximum Gasteiger partial charge on any atom is 0.127 e. The normalized spacial score (nSPS) is 10.5. The minimum atomic E-state index is -0.631. The number of hydrogen-bond donors (Lipinski definition) is 3. The maximum absolute atomic E-state index is 13.2. The average molecular weight is 355 g/mol. The van der Waals surface area contributed by atoms with Crippen LogP contribution in [0, 0.1) is 17.0 Å². The molecule has 0 saturated heterocycles. The summed E-state index contributed by atoms with van der Waals surface area (Å²) in [5.41, 5.74) is 8.82. The molecule has 3 aromatic carbocycles. The topological polar surface area (TPSA) is 61.9 Å². The van der Waals surface area contributed by atoms with Crippen LogP contribution in [0.4, 0.5) is 20.2 Å². The van der Waals surface area contributed by atoms with Crippen molar-refractivity contribution in [3.05, 3.63) is 89.5 Å². The van der Waals surface area contributed by atoms with E-state index in [2.05, 4.69) is 4.72 Å². The lowest BCUT2D eigenvalue weighted by atomic mass is 10.0. The van der Waals surface area contributed by atoms with Gasteiger partial charge in [0.15, 0.2) is 0 Å². The quantitative estimate of drug-likeness (QED) is 0.340. The highest BCUT2D eigenvalue weighted by Crippen LogP contribution is 2.26. The smallest absolute Gasteiger partial charge is 0.127 e. The molecule has 0 saturated carbocycles. The van der Waals surface area contributed by atoms with E-state index in [0.717, 1.165) is 23.6 Å². The summed E-state index contributed by atoms with van der Waals surface area (Å²) in [6, 6.07) is 17.8. The molecule has 126 valence electrons. The Morgan fingerprint density at radius 3 is 2.28 bits per heavy atom. The Bertz CT molecular complexity index is 894. The van der Waals surface area contributed by atoms with E-state index in [1.54, 1.807) is 18.2 Å². The van der Waals surface area contributed by atoms with Crippen LogP contribution in [0.5, 0.6) is 0 Å². The van der Waals surface area contributed by atoms with E-state index in [0.29, 0.717) is 27.5 Å². The number of benzene rings is 3. The van der Waals surface area contributed by atoms with E-state index in [1.165, 1.54) is 12.1 Å². The molecule has 0 spiro atoms. The molecule has 0 bridgehead atoms. The van der Waals surface area contributed by atoms with Gasteiger partial charge >= 0.3 is 0 Å². The zero-order chi connectivity index (χ0) is 17.8. The van der Waals surface area contributed by atoms with E-state index in [4.69, 9.17) is 11.1 Å². The second-order valence-electron chi connectivity index (χ2n) is 5.35. The van der Waals surface area contributed by atoms with Gasteiger partial charge in [-0.2, -0.15) is 0 Å². The summed E-state index contributed by atoms with van der Waals surface area (Å²) >= 11 is 1.08. The molecule has 3 nitrogen and oxygen atoms in total. The summed E-state index contributed by atoms with van der Waals surface area (Å²) in [6.07, 6.45) is 0. The van der Waals surface area contributed by atoms with Crippen LogP contribution in [-0.2, 0) is 0 Å². The van der Waals surface area contributed by atoms with Gasteiger partial charge in [-0.15, -0.1) is 0 Å². The summed E-state index contributed by atoms with van der Waals surface area (Å²) in [6.45, 7) is 0. The molecular weight excluding hydrogens is 340 g/mol. The van der Waals surface area contributed by atoms with Gasteiger partial charge in [0.1, 0.15) is 11.6 Å². The molecule has 25 heavy (non-hydrogen) atoms. The fraction of sp³-hybridized carbons (Fsp3) is 0. The fourth-order valence-corrected chi connectivity index (χ4v) is 3.01. The second kappa shape index (κ2) is 7.36. The molecule has 0 aliphatic rings. The second-order valence-corrected chi connectivity index (χ2v) is 6.23. The van der Waals surface area contributed by atoms with Crippen molar-refractivity contribution in [2.45, 2.75) is 4.90 Å². The van der Waals surface area contributed by atoms with E-state index in [1.807, 2.05) is 30.3 Å². The van der Waals surface area contributed by atoms with Crippen LogP contribution in [0.15, 0.2) is 71.6 Å². The zero-order valence-corrected chi connectivity index (χ0v) is 13.9. The zero-order valence-electron chi connectivity index (χ0n) is 13.1. The number of nitrogen functional groups attached to an aromatic ring is 1. The number of halogens is 2. The predicted molar refractivity (Wildman–Crippen MR) is 99.1 cm³/mol. The van der Waals surface area contributed by atoms with Crippen molar-refractivity contribution < 1.29 is 8.78 Å². The van der Waals surface area contributed by atoms with Gasteiger partial charge in [-0.05, 0) is 42.3 Å². The molecule has 0 amide bonds. The Kier molecular flexibility index (Phi) is 5.00. The highest BCUT2D eigenvalue weighted by atomic mass is 32.2. The predicted octanol–water partition coefficient (Wildman–Crippen LogP) is 5.08. The SMILES string of the molecule is N=C(c1ccccc1)c1cc(NSc2cc(F)cc(F)c2)ccc1N. The van der Waals surface area contributed by atoms with E-state index >= 15 is 0 Å². The molecule has 0 heterocycles. The van der Waals surface area contributed by atoms with Crippen LogP contribution in [0.1, 0.15) is 11.1 Å². The summed E-state index contributed by atoms with van der Waals surface area (Å²) in [4.78, 5) is 0.411. The van der Waals surface area contributed by atoms with Crippen LogP contribution in [0.3, 0.4) is 0 Å². The van der Waals surface area contributed by atoms with Crippen LogP contribution in [0.25, 0.3) is 0 Å². The molecule has 0 radical (unpaired) electrons. The molecule has 0 fully saturated rings. The highest BCUT2D eigenvalue weighted by molar-refractivity contribution is 8.00. The van der Waals surface area contributed by atoms with Gasteiger partial charge in [0.05, 0.1) is 5.71 Å². The maximum atomic E-state index is 13.2. The van der Waals surface area contributed by atoms with Gasteiger partial charge in [0, 0.05) is 33.5 Å². The lowest BCUT2D eigenvalue weighted by Crippen LogP contribution is -2.06. The Balaban J connectivity index is 1.80. The lowest BCUT2D eigenvalue weighted by molar-refractivity contribution is 0.577. The fourth-order valence-electron chi connectivity index (χ4n) is 2.30. The summed E-state index contributed by atoms with van der Waals surface area (Å²) in [5, 5.41) is 8.35. The largest absolute Gasteiger partial charge is 0.398 e. The molecule has 3 aromatic rings. The van der Waals surface area contributed by atoms with Crippen molar-refractivity contribution in [3.8, 4) is 0 Å². The standard InChI is InChI=1S/C19H15F2N3S/c20-13-8-14(21)10-16(9-13)25-24-15-6-7-18(22)17(11-15)19(23)12-4-2-1-3-5-12/h1-11,23-24H,22H2. The Labute approximate surface area is 148 Å². The molecule has 0 aromatic heterocycles. The number of anilines is 2. The van der Waals surface area contributed by atoms with Gasteiger partial charge < -0.3 is 10.5 Å². The third-order valence-corrected chi connectivity index (χ3v) is 4.32. The highest BCUT2D eigenvalue weighted by Gasteiger charge is 2.10. The minimum Gasteiger partial charge on any atom is -0.398 e.